The van der Waals surface area contributed by atoms with Crippen molar-refractivity contribution in [2.24, 2.45) is 0 Å². The fourth-order valence-electron chi connectivity index (χ4n) is 1.88. The van der Waals surface area contributed by atoms with Crippen molar-refractivity contribution >= 4 is 33.0 Å². The number of Topliss-reactive ketones (excluding diaryl/α,β-unsaturated/α-hetero) is 1. The quantitative estimate of drug-likeness (QED) is 0.787. The predicted octanol–water partition coefficient (Wildman–Crippen LogP) is 3.96. The molecule has 1 aromatic rings. The Hall–Kier alpha value is -0.190. The van der Waals surface area contributed by atoms with E-state index in [2.05, 4.69) is 15.9 Å². The van der Waals surface area contributed by atoms with E-state index in [4.69, 9.17) is 4.74 Å². The number of halogens is 1. The van der Waals surface area contributed by atoms with Crippen LogP contribution in [0.2, 0.25) is 0 Å². The number of ether oxygens (including phenoxy) is 1. The maximum atomic E-state index is 11.9. The lowest BCUT2D eigenvalue weighted by Crippen LogP contribution is -2.08. The van der Waals surface area contributed by atoms with Crippen molar-refractivity contribution in [3.63, 3.8) is 0 Å². The predicted molar refractivity (Wildman–Crippen MR) is 69.3 cm³/mol. The van der Waals surface area contributed by atoms with E-state index in [1.165, 1.54) is 11.3 Å². The van der Waals surface area contributed by atoms with Crippen molar-refractivity contribution in [3.05, 3.63) is 20.3 Å². The van der Waals surface area contributed by atoms with Gasteiger partial charge in [0.25, 0.3) is 0 Å². The Morgan fingerprint density at radius 3 is 3.06 bits per heavy atom. The largest absolute Gasteiger partial charge is 0.378 e. The van der Waals surface area contributed by atoms with Crippen LogP contribution in [0.5, 0.6) is 0 Å². The molecule has 1 aliphatic rings. The van der Waals surface area contributed by atoms with Gasteiger partial charge in [-0.2, -0.15) is 0 Å². The van der Waals surface area contributed by atoms with Gasteiger partial charge in [0.2, 0.25) is 0 Å². The van der Waals surface area contributed by atoms with Crippen molar-refractivity contribution < 1.29 is 9.53 Å². The van der Waals surface area contributed by atoms with Crippen LogP contribution in [0.3, 0.4) is 0 Å². The third-order valence-electron chi connectivity index (χ3n) is 2.85. The second-order valence-electron chi connectivity index (χ2n) is 4.16. The molecule has 0 spiro atoms. The SMILES string of the molecule is Cc1cc(C(=O)CCC2CCCO2)sc1Br. The molecule has 0 radical (unpaired) electrons. The molecule has 2 heterocycles. The molecule has 1 atom stereocenters. The Kier molecular flexibility index (Phi) is 4.16. The van der Waals surface area contributed by atoms with Crippen molar-refractivity contribution in [1.82, 2.24) is 0 Å². The smallest absolute Gasteiger partial charge is 0.172 e. The average Bonchev–Trinajstić information content (AvgIpc) is 2.86. The van der Waals surface area contributed by atoms with E-state index >= 15 is 0 Å². The van der Waals surface area contributed by atoms with Gasteiger partial charge in [-0.05, 0) is 53.7 Å². The van der Waals surface area contributed by atoms with E-state index in [-0.39, 0.29) is 5.78 Å². The van der Waals surface area contributed by atoms with Gasteiger partial charge in [-0.15, -0.1) is 11.3 Å². The number of carbonyl (C=O) groups is 1. The van der Waals surface area contributed by atoms with Crippen LogP contribution in [-0.4, -0.2) is 18.5 Å². The number of hydrogen-bond acceptors (Lipinski definition) is 3. The zero-order valence-corrected chi connectivity index (χ0v) is 11.7. The lowest BCUT2D eigenvalue weighted by molar-refractivity contribution is 0.0862. The number of rotatable bonds is 4. The molecular weight excluding hydrogens is 288 g/mol. The highest BCUT2D eigenvalue weighted by atomic mass is 79.9. The Labute approximate surface area is 108 Å². The molecule has 16 heavy (non-hydrogen) atoms. The Morgan fingerprint density at radius 2 is 2.50 bits per heavy atom. The molecule has 1 aromatic heterocycles. The number of thiophene rings is 1. The van der Waals surface area contributed by atoms with Crippen molar-refractivity contribution in [3.8, 4) is 0 Å². The second-order valence-corrected chi connectivity index (χ2v) is 6.53. The maximum absolute atomic E-state index is 11.9. The van der Waals surface area contributed by atoms with E-state index in [1.807, 2.05) is 13.0 Å². The molecule has 2 rings (SSSR count). The summed E-state index contributed by atoms with van der Waals surface area (Å²) in [5.74, 6) is 0.245. The molecule has 4 heteroatoms. The van der Waals surface area contributed by atoms with E-state index in [0.29, 0.717) is 12.5 Å². The van der Waals surface area contributed by atoms with Gasteiger partial charge < -0.3 is 4.74 Å². The fourth-order valence-corrected chi connectivity index (χ4v) is 3.39. The summed E-state index contributed by atoms with van der Waals surface area (Å²) in [7, 11) is 0. The number of carbonyl (C=O) groups excluding carboxylic acids is 1. The van der Waals surface area contributed by atoms with Gasteiger partial charge in [0.05, 0.1) is 14.8 Å². The van der Waals surface area contributed by atoms with Gasteiger partial charge in [0.15, 0.2) is 5.78 Å². The van der Waals surface area contributed by atoms with E-state index in [1.54, 1.807) is 0 Å². The summed E-state index contributed by atoms with van der Waals surface area (Å²) in [5, 5.41) is 0. The molecule has 1 aliphatic heterocycles. The number of hydrogen-bond donors (Lipinski definition) is 0. The maximum Gasteiger partial charge on any atom is 0.172 e. The zero-order chi connectivity index (χ0) is 11.5. The molecule has 1 unspecified atom stereocenters. The average molecular weight is 303 g/mol. The van der Waals surface area contributed by atoms with Gasteiger partial charge >= 0.3 is 0 Å². The highest BCUT2D eigenvalue weighted by Gasteiger charge is 2.18. The van der Waals surface area contributed by atoms with Crippen molar-refractivity contribution in [1.29, 1.82) is 0 Å². The van der Waals surface area contributed by atoms with Gasteiger partial charge in [-0.25, -0.2) is 0 Å². The standard InChI is InChI=1S/C12H15BrO2S/c1-8-7-11(16-12(8)13)10(14)5-4-9-3-2-6-15-9/h7,9H,2-6H2,1H3. The number of ketones is 1. The summed E-state index contributed by atoms with van der Waals surface area (Å²) in [6.07, 6.45) is 4.04. The molecule has 2 nitrogen and oxygen atoms in total. The minimum absolute atomic E-state index is 0.245. The highest BCUT2D eigenvalue weighted by molar-refractivity contribution is 9.11. The molecule has 0 aromatic carbocycles. The van der Waals surface area contributed by atoms with Crippen LogP contribution in [0.4, 0.5) is 0 Å². The second kappa shape index (κ2) is 5.43. The molecule has 0 saturated carbocycles. The third-order valence-corrected chi connectivity index (χ3v) is 5.03. The third kappa shape index (κ3) is 2.93. The first-order valence-corrected chi connectivity index (χ1v) is 7.18. The minimum Gasteiger partial charge on any atom is -0.378 e. The first-order chi connectivity index (χ1) is 7.66. The van der Waals surface area contributed by atoms with E-state index in [0.717, 1.165) is 40.1 Å². The Morgan fingerprint density at radius 1 is 1.69 bits per heavy atom. The van der Waals surface area contributed by atoms with Crippen LogP contribution >= 0.6 is 27.3 Å². The number of aryl methyl sites for hydroxylation is 1. The van der Waals surface area contributed by atoms with Crippen LogP contribution in [0.1, 0.15) is 40.9 Å². The van der Waals surface area contributed by atoms with Gasteiger partial charge in [-0.1, -0.05) is 0 Å². The molecule has 0 amide bonds. The van der Waals surface area contributed by atoms with E-state index in [9.17, 15) is 4.79 Å². The van der Waals surface area contributed by atoms with Gasteiger partial charge in [0, 0.05) is 13.0 Å². The summed E-state index contributed by atoms with van der Waals surface area (Å²) in [6, 6.07) is 1.96. The summed E-state index contributed by atoms with van der Waals surface area (Å²) in [5.41, 5.74) is 1.14. The Bertz CT molecular complexity index is 361. The van der Waals surface area contributed by atoms with Crippen LogP contribution in [0, 0.1) is 6.92 Å². The topological polar surface area (TPSA) is 26.3 Å². The fraction of sp³-hybridized carbons (Fsp3) is 0.583. The summed E-state index contributed by atoms with van der Waals surface area (Å²) in [6.45, 7) is 2.87. The zero-order valence-electron chi connectivity index (χ0n) is 9.29. The molecule has 0 N–H and O–H groups in total. The summed E-state index contributed by atoms with van der Waals surface area (Å²) >= 11 is 4.97. The molecule has 0 aliphatic carbocycles. The van der Waals surface area contributed by atoms with Crippen molar-refractivity contribution in [2.75, 3.05) is 6.61 Å². The molecule has 1 saturated heterocycles. The van der Waals surface area contributed by atoms with Gasteiger partial charge in [-0.3, -0.25) is 4.79 Å². The Balaban J connectivity index is 1.87. The minimum atomic E-state index is 0.245. The lowest BCUT2D eigenvalue weighted by atomic mass is 10.1. The van der Waals surface area contributed by atoms with Crippen LogP contribution in [-0.2, 0) is 4.74 Å². The molecular formula is C12H15BrO2S. The van der Waals surface area contributed by atoms with E-state index < -0.39 is 0 Å². The monoisotopic (exact) mass is 302 g/mol. The van der Waals surface area contributed by atoms with Gasteiger partial charge in [0.1, 0.15) is 0 Å². The molecule has 0 bridgehead atoms. The lowest BCUT2D eigenvalue weighted by Gasteiger charge is -2.06. The van der Waals surface area contributed by atoms with Crippen LogP contribution in [0.25, 0.3) is 0 Å². The molecule has 88 valence electrons. The highest BCUT2D eigenvalue weighted by Crippen LogP contribution is 2.29. The van der Waals surface area contributed by atoms with Crippen molar-refractivity contribution in [2.45, 2.75) is 38.7 Å². The normalized spacial score (nSPS) is 20.2. The summed E-state index contributed by atoms with van der Waals surface area (Å²) < 4.78 is 6.57. The first kappa shape index (κ1) is 12.3. The molecule has 1 fully saturated rings. The van der Waals surface area contributed by atoms with Crippen LogP contribution in [0.15, 0.2) is 9.85 Å². The first-order valence-electron chi connectivity index (χ1n) is 5.57. The van der Waals surface area contributed by atoms with Crippen LogP contribution < -0.4 is 0 Å². The summed E-state index contributed by atoms with van der Waals surface area (Å²) in [4.78, 5) is 12.8.